The molecule has 0 bridgehead atoms. The third kappa shape index (κ3) is 3.73. The third-order valence-corrected chi connectivity index (χ3v) is 7.86. The predicted octanol–water partition coefficient (Wildman–Crippen LogP) is 3.98. The van der Waals surface area contributed by atoms with Gasteiger partial charge < -0.3 is 0 Å². The molecule has 0 amide bonds. The van der Waals surface area contributed by atoms with E-state index in [1.165, 1.54) is 11.3 Å². The van der Waals surface area contributed by atoms with Gasteiger partial charge in [0, 0.05) is 11.4 Å². The quantitative estimate of drug-likeness (QED) is 0.796. The molecule has 0 aliphatic heterocycles. The molecule has 1 aromatic heterocycles. The zero-order chi connectivity index (χ0) is 14.1. The summed E-state index contributed by atoms with van der Waals surface area (Å²) in [5.41, 5.74) is -0.483. The van der Waals surface area contributed by atoms with E-state index in [1.807, 2.05) is 0 Å². The SMILES string of the molecule is CC1CCC(CCl)(NS(=O)(=O)c2ccc(Br)s2)CC1. The van der Waals surface area contributed by atoms with Gasteiger partial charge in [-0.3, -0.25) is 0 Å². The van der Waals surface area contributed by atoms with E-state index in [0.29, 0.717) is 16.0 Å². The van der Waals surface area contributed by atoms with Crippen LogP contribution in [0.4, 0.5) is 0 Å². The molecule has 0 atom stereocenters. The van der Waals surface area contributed by atoms with Crippen molar-refractivity contribution in [2.24, 2.45) is 5.92 Å². The summed E-state index contributed by atoms with van der Waals surface area (Å²) in [7, 11) is -3.47. The normalized spacial score (nSPS) is 28.5. The molecular formula is C12H17BrClNO2S2. The van der Waals surface area contributed by atoms with Crippen LogP contribution in [0.25, 0.3) is 0 Å². The highest BCUT2D eigenvalue weighted by Crippen LogP contribution is 2.35. The molecule has 0 spiro atoms. The van der Waals surface area contributed by atoms with Crippen molar-refractivity contribution in [1.29, 1.82) is 0 Å². The van der Waals surface area contributed by atoms with Crippen molar-refractivity contribution in [3.63, 3.8) is 0 Å². The summed E-state index contributed by atoms with van der Waals surface area (Å²) >= 11 is 10.6. The van der Waals surface area contributed by atoms with E-state index < -0.39 is 15.6 Å². The largest absolute Gasteiger partial charge is 0.250 e. The van der Waals surface area contributed by atoms with Gasteiger partial charge in [-0.15, -0.1) is 22.9 Å². The minimum absolute atomic E-state index is 0.325. The molecule has 108 valence electrons. The zero-order valence-corrected chi connectivity index (χ0v) is 14.6. The Morgan fingerprint density at radius 2 is 2.11 bits per heavy atom. The van der Waals surface area contributed by atoms with E-state index >= 15 is 0 Å². The molecule has 1 aromatic rings. The van der Waals surface area contributed by atoms with Crippen LogP contribution in [0.3, 0.4) is 0 Å². The van der Waals surface area contributed by atoms with Crippen LogP contribution in [0.2, 0.25) is 0 Å². The molecule has 1 saturated carbocycles. The summed E-state index contributed by atoms with van der Waals surface area (Å²) in [6.45, 7) is 2.20. The fourth-order valence-electron chi connectivity index (χ4n) is 2.36. The minimum atomic E-state index is -3.47. The monoisotopic (exact) mass is 385 g/mol. The first kappa shape index (κ1) is 15.8. The highest BCUT2D eigenvalue weighted by molar-refractivity contribution is 9.11. The minimum Gasteiger partial charge on any atom is -0.206 e. The molecule has 0 saturated heterocycles. The lowest BCUT2D eigenvalue weighted by molar-refractivity contribution is 0.247. The standard InChI is InChI=1S/C12H17BrClNO2S2/c1-9-4-6-12(8-14,7-5-9)15-19(16,17)11-3-2-10(13)18-11/h2-3,9,15H,4-8H2,1H3. The summed E-state index contributed by atoms with van der Waals surface area (Å²) in [6, 6.07) is 3.36. The number of rotatable bonds is 4. The zero-order valence-electron chi connectivity index (χ0n) is 10.7. The maximum absolute atomic E-state index is 12.4. The Hall–Kier alpha value is 0.380. The van der Waals surface area contributed by atoms with Crippen LogP contribution < -0.4 is 4.72 Å². The van der Waals surface area contributed by atoms with Gasteiger partial charge in [-0.2, -0.15) is 0 Å². The van der Waals surface area contributed by atoms with Gasteiger partial charge in [0.05, 0.1) is 3.79 Å². The van der Waals surface area contributed by atoms with Gasteiger partial charge in [0.1, 0.15) is 4.21 Å². The first-order valence-electron chi connectivity index (χ1n) is 6.22. The summed E-state index contributed by atoms with van der Waals surface area (Å²) in [6.07, 6.45) is 3.65. The Morgan fingerprint density at radius 3 is 2.58 bits per heavy atom. The Balaban J connectivity index is 2.18. The lowest BCUT2D eigenvalue weighted by Gasteiger charge is -2.38. The van der Waals surface area contributed by atoms with E-state index in [-0.39, 0.29) is 0 Å². The Morgan fingerprint density at radius 1 is 1.47 bits per heavy atom. The number of hydrogen-bond donors (Lipinski definition) is 1. The van der Waals surface area contributed by atoms with Crippen molar-refractivity contribution in [2.75, 3.05) is 5.88 Å². The van der Waals surface area contributed by atoms with Gasteiger partial charge in [0.2, 0.25) is 0 Å². The first-order chi connectivity index (χ1) is 8.87. The second kappa shape index (κ2) is 6.02. The van der Waals surface area contributed by atoms with Gasteiger partial charge in [-0.05, 0) is 59.7 Å². The van der Waals surface area contributed by atoms with E-state index in [0.717, 1.165) is 29.5 Å². The summed E-state index contributed by atoms with van der Waals surface area (Å²) in [4.78, 5) is 0. The summed E-state index contributed by atoms with van der Waals surface area (Å²) in [5, 5.41) is 0. The molecule has 0 unspecified atom stereocenters. The molecule has 0 aromatic carbocycles. The van der Waals surface area contributed by atoms with Crippen LogP contribution in [0.15, 0.2) is 20.1 Å². The molecule has 1 aliphatic rings. The fraction of sp³-hybridized carbons (Fsp3) is 0.667. The van der Waals surface area contributed by atoms with Crippen molar-refractivity contribution >= 4 is 48.9 Å². The maximum Gasteiger partial charge on any atom is 0.250 e. The molecule has 2 rings (SSSR count). The topological polar surface area (TPSA) is 46.2 Å². The van der Waals surface area contributed by atoms with Gasteiger partial charge in [0.15, 0.2) is 0 Å². The Bertz CT molecular complexity index is 536. The van der Waals surface area contributed by atoms with E-state index in [4.69, 9.17) is 11.6 Å². The second-order valence-corrected chi connectivity index (χ2v) is 9.90. The van der Waals surface area contributed by atoms with Crippen LogP contribution >= 0.6 is 38.9 Å². The third-order valence-electron chi connectivity index (χ3n) is 3.65. The molecule has 1 N–H and O–H groups in total. The van der Waals surface area contributed by atoms with Crippen molar-refractivity contribution in [2.45, 2.75) is 42.4 Å². The number of thiophene rings is 1. The molecular weight excluding hydrogens is 370 g/mol. The van der Waals surface area contributed by atoms with Crippen LogP contribution in [0.5, 0.6) is 0 Å². The first-order valence-corrected chi connectivity index (χ1v) is 9.85. The smallest absolute Gasteiger partial charge is 0.206 e. The Kier molecular flexibility index (Phi) is 4.99. The van der Waals surface area contributed by atoms with Crippen LogP contribution in [-0.2, 0) is 10.0 Å². The fourth-order valence-corrected chi connectivity index (χ4v) is 6.24. The van der Waals surface area contributed by atoms with Gasteiger partial charge in [-0.1, -0.05) is 6.92 Å². The number of sulfonamides is 1. The van der Waals surface area contributed by atoms with Crippen molar-refractivity contribution < 1.29 is 8.42 Å². The number of hydrogen-bond acceptors (Lipinski definition) is 3. The molecule has 0 radical (unpaired) electrons. The molecule has 7 heteroatoms. The summed E-state index contributed by atoms with van der Waals surface area (Å²) < 4.78 is 28.7. The van der Waals surface area contributed by atoms with Crippen LogP contribution in [0.1, 0.15) is 32.6 Å². The average Bonchev–Trinajstić information content (AvgIpc) is 2.80. The molecule has 3 nitrogen and oxygen atoms in total. The maximum atomic E-state index is 12.4. The van der Waals surface area contributed by atoms with Gasteiger partial charge in [-0.25, -0.2) is 13.1 Å². The average molecular weight is 387 g/mol. The van der Waals surface area contributed by atoms with Crippen LogP contribution in [-0.4, -0.2) is 19.8 Å². The van der Waals surface area contributed by atoms with E-state index in [2.05, 4.69) is 27.6 Å². The lowest BCUT2D eigenvalue weighted by atomic mass is 9.79. The highest BCUT2D eigenvalue weighted by atomic mass is 79.9. The van der Waals surface area contributed by atoms with Crippen molar-refractivity contribution in [3.05, 3.63) is 15.9 Å². The Labute approximate surface area is 131 Å². The molecule has 1 aliphatic carbocycles. The molecule has 1 heterocycles. The lowest BCUT2D eigenvalue weighted by Crippen LogP contribution is -2.51. The highest BCUT2D eigenvalue weighted by Gasteiger charge is 2.37. The van der Waals surface area contributed by atoms with Gasteiger partial charge in [0.25, 0.3) is 10.0 Å². The summed E-state index contributed by atoms with van der Waals surface area (Å²) in [5.74, 6) is 0.975. The van der Waals surface area contributed by atoms with Gasteiger partial charge >= 0.3 is 0 Å². The second-order valence-electron chi connectivity index (χ2n) is 5.26. The predicted molar refractivity (Wildman–Crippen MR) is 83.4 cm³/mol. The number of nitrogens with one attached hydrogen (secondary N) is 1. The van der Waals surface area contributed by atoms with Crippen molar-refractivity contribution in [1.82, 2.24) is 4.72 Å². The van der Waals surface area contributed by atoms with Crippen LogP contribution in [0, 0.1) is 5.92 Å². The van der Waals surface area contributed by atoms with Crippen molar-refractivity contribution in [3.8, 4) is 0 Å². The van der Waals surface area contributed by atoms with E-state index in [1.54, 1.807) is 12.1 Å². The molecule has 1 fully saturated rings. The number of alkyl halides is 1. The van der Waals surface area contributed by atoms with E-state index in [9.17, 15) is 8.42 Å². The number of halogens is 2. The molecule has 19 heavy (non-hydrogen) atoms.